The van der Waals surface area contributed by atoms with Gasteiger partial charge in [0.1, 0.15) is 18.1 Å². The molecule has 3 N–H and O–H groups in total. The van der Waals surface area contributed by atoms with Crippen molar-refractivity contribution in [1.29, 1.82) is 0 Å². The van der Waals surface area contributed by atoms with E-state index in [-0.39, 0.29) is 37.2 Å². The average molecular weight is 504 g/mol. The Kier molecular flexibility index (Phi) is 7.35. The Morgan fingerprint density at radius 2 is 1.83 bits per heavy atom. The standard InChI is InChI=1S/C24H37N7O5/c1-24(2,3)20(31-13-16(27-28-31)14-7-8-14)23(36)30-12-15(32)10-18(30)22(35)26-11-19(33)29-9-5-6-17(29)21(34)25-4/h13-15,17-18,20,32H,5-12H2,1-4H3,(H,25,34)(H,26,35)/t15?,17?,18?,20-/m1/s1. The van der Waals surface area contributed by atoms with Gasteiger partial charge in [-0.15, -0.1) is 5.10 Å². The van der Waals surface area contributed by atoms with Crippen LogP contribution in [0.3, 0.4) is 0 Å². The molecule has 4 amide bonds. The summed E-state index contributed by atoms with van der Waals surface area (Å²) in [5, 5.41) is 24.0. The molecule has 3 unspecified atom stereocenters. The van der Waals surface area contributed by atoms with Gasteiger partial charge in [0.15, 0.2) is 0 Å². The number of likely N-dealkylation sites (N-methyl/N-ethyl adjacent to an activating group) is 1. The molecule has 12 nitrogen and oxygen atoms in total. The molecule has 0 spiro atoms. The molecule has 1 saturated carbocycles. The predicted molar refractivity (Wildman–Crippen MR) is 128 cm³/mol. The SMILES string of the molecule is CNC(=O)C1CCCN1C(=O)CNC(=O)C1CC(O)CN1C(=O)[C@@H](n1cc(C2CC2)nn1)C(C)(C)C. The lowest BCUT2D eigenvalue weighted by Crippen LogP contribution is -2.53. The molecule has 1 aromatic heterocycles. The second-order valence-electron chi connectivity index (χ2n) is 11.1. The van der Waals surface area contributed by atoms with E-state index >= 15 is 0 Å². The number of carbonyl (C=O) groups excluding carboxylic acids is 4. The second kappa shape index (κ2) is 10.2. The first kappa shape index (κ1) is 26.1. The molecular weight excluding hydrogens is 466 g/mol. The summed E-state index contributed by atoms with van der Waals surface area (Å²) in [5.41, 5.74) is 0.337. The molecule has 3 heterocycles. The van der Waals surface area contributed by atoms with Crippen molar-refractivity contribution in [2.75, 3.05) is 26.7 Å². The smallest absolute Gasteiger partial charge is 0.248 e. The molecule has 0 radical (unpaired) electrons. The first-order chi connectivity index (χ1) is 17.0. The van der Waals surface area contributed by atoms with Gasteiger partial charge in [-0.1, -0.05) is 26.0 Å². The molecule has 0 aromatic carbocycles. The summed E-state index contributed by atoms with van der Waals surface area (Å²) in [5.74, 6) is -1.02. The normalized spacial score (nSPS) is 25.1. The van der Waals surface area contributed by atoms with Crippen LogP contribution >= 0.6 is 0 Å². The Morgan fingerprint density at radius 3 is 2.47 bits per heavy atom. The second-order valence-corrected chi connectivity index (χ2v) is 11.1. The van der Waals surface area contributed by atoms with E-state index in [0.717, 1.165) is 18.5 Å². The largest absolute Gasteiger partial charge is 0.391 e. The number of carbonyl (C=O) groups is 4. The zero-order valence-corrected chi connectivity index (χ0v) is 21.4. The highest BCUT2D eigenvalue weighted by Gasteiger charge is 2.45. The molecule has 4 rings (SSSR count). The van der Waals surface area contributed by atoms with E-state index in [2.05, 4.69) is 20.9 Å². The van der Waals surface area contributed by atoms with Gasteiger partial charge in [0.2, 0.25) is 23.6 Å². The third kappa shape index (κ3) is 5.37. The van der Waals surface area contributed by atoms with Gasteiger partial charge in [0.25, 0.3) is 0 Å². The Hall–Kier alpha value is -3.02. The molecule has 0 bridgehead atoms. The fraction of sp³-hybridized carbons (Fsp3) is 0.750. The number of nitrogens with zero attached hydrogens (tertiary/aromatic N) is 5. The molecule has 4 atom stereocenters. The number of aliphatic hydroxyl groups excluding tert-OH is 1. The van der Waals surface area contributed by atoms with Gasteiger partial charge in [-0.05, 0) is 31.1 Å². The quantitative estimate of drug-likeness (QED) is 0.456. The molecule has 1 aromatic rings. The first-order valence-electron chi connectivity index (χ1n) is 12.7. The van der Waals surface area contributed by atoms with Crippen molar-refractivity contribution in [2.24, 2.45) is 5.41 Å². The molecule has 12 heteroatoms. The molecule has 36 heavy (non-hydrogen) atoms. The lowest BCUT2D eigenvalue weighted by atomic mass is 9.85. The maximum absolute atomic E-state index is 13.8. The van der Waals surface area contributed by atoms with Crippen molar-refractivity contribution in [2.45, 2.75) is 83.0 Å². The van der Waals surface area contributed by atoms with Gasteiger partial charge in [-0.2, -0.15) is 0 Å². The number of hydrogen-bond acceptors (Lipinski definition) is 7. The molecular formula is C24H37N7O5. The Morgan fingerprint density at radius 1 is 1.11 bits per heavy atom. The number of aromatic nitrogens is 3. The minimum atomic E-state index is -0.912. The van der Waals surface area contributed by atoms with E-state index in [4.69, 9.17) is 0 Å². The number of likely N-dealkylation sites (tertiary alicyclic amines) is 2. The van der Waals surface area contributed by atoms with E-state index in [1.54, 1.807) is 4.68 Å². The van der Waals surface area contributed by atoms with E-state index in [9.17, 15) is 24.3 Å². The number of hydrogen-bond donors (Lipinski definition) is 3. The van der Waals surface area contributed by atoms with Crippen LogP contribution in [0.1, 0.15) is 70.5 Å². The van der Waals surface area contributed by atoms with Crippen LogP contribution in [0, 0.1) is 5.41 Å². The summed E-state index contributed by atoms with van der Waals surface area (Å²) in [6.07, 6.45) is 4.46. The van der Waals surface area contributed by atoms with Crippen molar-refractivity contribution < 1.29 is 24.3 Å². The van der Waals surface area contributed by atoms with Gasteiger partial charge >= 0.3 is 0 Å². The Bertz CT molecular complexity index is 1010. The maximum Gasteiger partial charge on any atom is 0.248 e. The number of nitrogens with one attached hydrogen (secondary N) is 2. The average Bonchev–Trinajstić information content (AvgIpc) is 3.21. The van der Waals surface area contributed by atoms with E-state index in [1.165, 1.54) is 16.8 Å². The van der Waals surface area contributed by atoms with Gasteiger partial charge in [-0.3, -0.25) is 19.2 Å². The lowest BCUT2D eigenvalue weighted by Gasteiger charge is -2.34. The predicted octanol–water partition coefficient (Wildman–Crippen LogP) is -0.442. The summed E-state index contributed by atoms with van der Waals surface area (Å²) in [4.78, 5) is 54.5. The summed E-state index contributed by atoms with van der Waals surface area (Å²) < 4.78 is 1.57. The third-order valence-electron chi connectivity index (χ3n) is 7.24. The number of amides is 4. The highest BCUT2D eigenvalue weighted by molar-refractivity contribution is 5.93. The maximum atomic E-state index is 13.8. The zero-order valence-electron chi connectivity index (χ0n) is 21.4. The monoisotopic (exact) mass is 503 g/mol. The fourth-order valence-electron chi connectivity index (χ4n) is 5.21. The van der Waals surface area contributed by atoms with Crippen molar-refractivity contribution in [3.63, 3.8) is 0 Å². The third-order valence-corrected chi connectivity index (χ3v) is 7.24. The van der Waals surface area contributed by atoms with Crippen molar-refractivity contribution in [3.05, 3.63) is 11.9 Å². The van der Waals surface area contributed by atoms with Gasteiger partial charge in [-0.25, -0.2) is 4.68 Å². The highest BCUT2D eigenvalue weighted by atomic mass is 16.3. The van der Waals surface area contributed by atoms with Crippen LogP contribution in [-0.4, -0.2) is 98.4 Å². The van der Waals surface area contributed by atoms with Gasteiger partial charge in [0, 0.05) is 38.7 Å². The van der Waals surface area contributed by atoms with Crippen LogP contribution < -0.4 is 10.6 Å². The highest BCUT2D eigenvalue weighted by Crippen LogP contribution is 2.40. The fourth-order valence-corrected chi connectivity index (χ4v) is 5.21. The summed E-state index contributed by atoms with van der Waals surface area (Å²) in [7, 11) is 1.53. The molecule has 1 aliphatic carbocycles. The van der Waals surface area contributed by atoms with Crippen LogP contribution in [0.25, 0.3) is 0 Å². The Labute approximate surface area is 210 Å². The van der Waals surface area contributed by atoms with Crippen LogP contribution in [0.5, 0.6) is 0 Å². The number of β-amino-alcohol motifs (C(OH)–C–C–N with tert-alkyl or cyclic N) is 1. The van der Waals surface area contributed by atoms with E-state index in [1.807, 2.05) is 27.0 Å². The van der Waals surface area contributed by atoms with Crippen molar-refractivity contribution in [1.82, 2.24) is 35.4 Å². The summed E-state index contributed by atoms with van der Waals surface area (Å²) in [6.45, 7) is 5.96. The number of aliphatic hydroxyl groups is 1. The molecule has 3 aliphatic rings. The minimum absolute atomic E-state index is 0.0203. The van der Waals surface area contributed by atoms with Crippen molar-refractivity contribution in [3.8, 4) is 0 Å². The first-order valence-corrected chi connectivity index (χ1v) is 12.7. The topological polar surface area (TPSA) is 150 Å². The zero-order chi connectivity index (χ0) is 26.2. The molecule has 2 saturated heterocycles. The van der Waals surface area contributed by atoms with Crippen LogP contribution in [-0.2, 0) is 19.2 Å². The van der Waals surface area contributed by atoms with Gasteiger partial charge < -0.3 is 25.5 Å². The van der Waals surface area contributed by atoms with Gasteiger partial charge in [0.05, 0.1) is 18.3 Å². The van der Waals surface area contributed by atoms with Crippen molar-refractivity contribution >= 4 is 23.6 Å². The lowest BCUT2D eigenvalue weighted by molar-refractivity contribution is -0.144. The molecule has 198 valence electrons. The van der Waals surface area contributed by atoms with Crippen LogP contribution in [0.2, 0.25) is 0 Å². The number of rotatable bonds is 7. The van der Waals surface area contributed by atoms with E-state index in [0.29, 0.717) is 25.3 Å². The summed E-state index contributed by atoms with van der Waals surface area (Å²) in [6, 6.07) is -2.16. The summed E-state index contributed by atoms with van der Waals surface area (Å²) >= 11 is 0. The van der Waals surface area contributed by atoms with E-state index < -0.39 is 35.6 Å². The Balaban J connectivity index is 1.44. The molecule has 2 aliphatic heterocycles. The molecule has 3 fully saturated rings. The van der Waals surface area contributed by atoms with Crippen LogP contribution in [0.4, 0.5) is 0 Å². The minimum Gasteiger partial charge on any atom is -0.391 e. The van der Waals surface area contributed by atoms with Crippen LogP contribution in [0.15, 0.2) is 6.20 Å².